The van der Waals surface area contributed by atoms with Crippen LogP contribution in [0.25, 0.3) is 0 Å². The van der Waals surface area contributed by atoms with Crippen LogP contribution in [0.4, 0.5) is 0 Å². The lowest BCUT2D eigenvalue weighted by Gasteiger charge is -2.37. The van der Waals surface area contributed by atoms with Gasteiger partial charge in [0.05, 0.1) is 12.6 Å². The summed E-state index contributed by atoms with van der Waals surface area (Å²) in [5.41, 5.74) is 0. The molecule has 1 heterocycles. The largest absolute Gasteiger partial charge is 0.382 e. The van der Waals surface area contributed by atoms with E-state index in [4.69, 9.17) is 4.74 Å². The SMILES string of the molecule is CCCC(C)C(=O)N1CCNCC1COC. The zero-order chi connectivity index (χ0) is 12.0. The first-order chi connectivity index (χ1) is 7.70. The van der Waals surface area contributed by atoms with Gasteiger partial charge in [0, 0.05) is 32.7 Å². The van der Waals surface area contributed by atoms with E-state index in [2.05, 4.69) is 12.2 Å². The molecule has 1 aliphatic rings. The predicted molar refractivity (Wildman–Crippen MR) is 64.3 cm³/mol. The fourth-order valence-electron chi connectivity index (χ4n) is 2.23. The minimum absolute atomic E-state index is 0.141. The molecule has 1 amide bonds. The number of amides is 1. The van der Waals surface area contributed by atoms with Crippen molar-refractivity contribution in [1.29, 1.82) is 0 Å². The highest BCUT2D eigenvalue weighted by Crippen LogP contribution is 2.13. The second-order valence-corrected chi connectivity index (χ2v) is 4.53. The zero-order valence-electron chi connectivity index (χ0n) is 10.7. The molecule has 0 aromatic carbocycles. The average molecular weight is 228 g/mol. The third-order valence-corrected chi connectivity index (χ3v) is 3.14. The van der Waals surface area contributed by atoms with Gasteiger partial charge in [0.25, 0.3) is 0 Å². The minimum atomic E-state index is 0.141. The Labute approximate surface area is 98.3 Å². The predicted octanol–water partition coefficient (Wildman–Crippen LogP) is 0.869. The van der Waals surface area contributed by atoms with E-state index < -0.39 is 0 Å². The summed E-state index contributed by atoms with van der Waals surface area (Å²) >= 11 is 0. The normalized spacial score (nSPS) is 23.2. The molecule has 0 saturated carbocycles. The maximum atomic E-state index is 12.2. The topological polar surface area (TPSA) is 41.6 Å². The molecule has 2 unspecified atom stereocenters. The van der Waals surface area contributed by atoms with E-state index in [-0.39, 0.29) is 17.9 Å². The summed E-state index contributed by atoms with van der Waals surface area (Å²) in [5.74, 6) is 0.424. The number of nitrogens with one attached hydrogen (secondary N) is 1. The van der Waals surface area contributed by atoms with Gasteiger partial charge in [0.2, 0.25) is 5.91 Å². The number of rotatable bonds is 5. The highest BCUT2D eigenvalue weighted by Gasteiger charge is 2.28. The van der Waals surface area contributed by atoms with Gasteiger partial charge in [-0.15, -0.1) is 0 Å². The molecule has 0 spiro atoms. The first kappa shape index (κ1) is 13.5. The highest BCUT2D eigenvalue weighted by atomic mass is 16.5. The molecule has 16 heavy (non-hydrogen) atoms. The van der Waals surface area contributed by atoms with E-state index in [1.54, 1.807) is 7.11 Å². The molecule has 4 heteroatoms. The Balaban J connectivity index is 2.56. The van der Waals surface area contributed by atoms with Crippen LogP contribution in [0.15, 0.2) is 0 Å². The standard InChI is InChI=1S/C12H24N2O2/c1-4-5-10(2)12(15)14-7-6-13-8-11(14)9-16-3/h10-11,13H,4-9H2,1-3H3. The average Bonchev–Trinajstić information content (AvgIpc) is 2.29. The van der Waals surface area contributed by atoms with Crippen LogP contribution in [0, 0.1) is 5.92 Å². The van der Waals surface area contributed by atoms with Gasteiger partial charge in [0.15, 0.2) is 0 Å². The molecule has 0 aromatic rings. The molecule has 0 bridgehead atoms. The highest BCUT2D eigenvalue weighted by molar-refractivity contribution is 5.79. The molecule has 0 aliphatic carbocycles. The van der Waals surface area contributed by atoms with E-state index in [1.807, 2.05) is 11.8 Å². The smallest absolute Gasteiger partial charge is 0.225 e. The molecule has 1 N–H and O–H groups in total. The van der Waals surface area contributed by atoms with E-state index >= 15 is 0 Å². The van der Waals surface area contributed by atoms with Crippen molar-refractivity contribution in [1.82, 2.24) is 10.2 Å². The lowest BCUT2D eigenvalue weighted by atomic mass is 10.0. The van der Waals surface area contributed by atoms with Crippen LogP contribution in [0.5, 0.6) is 0 Å². The Morgan fingerprint density at radius 2 is 2.38 bits per heavy atom. The molecular formula is C12H24N2O2. The summed E-state index contributed by atoms with van der Waals surface area (Å²) in [6.45, 7) is 7.31. The van der Waals surface area contributed by atoms with E-state index in [0.717, 1.165) is 32.5 Å². The summed E-state index contributed by atoms with van der Waals surface area (Å²) in [5, 5.41) is 3.30. The third kappa shape index (κ3) is 3.46. The van der Waals surface area contributed by atoms with Crippen LogP contribution >= 0.6 is 0 Å². The quantitative estimate of drug-likeness (QED) is 0.759. The van der Waals surface area contributed by atoms with Gasteiger partial charge in [-0.2, -0.15) is 0 Å². The number of hydrogen-bond donors (Lipinski definition) is 1. The van der Waals surface area contributed by atoms with Crippen LogP contribution in [0.3, 0.4) is 0 Å². The number of piperazine rings is 1. The molecule has 2 atom stereocenters. The molecule has 1 rings (SSSR count). The second kappa shape index (κ2) is 6.86. The summed E-state index contributed by atoms with van der Waals surface area (Å²) in [6.07, 6.45) is 2.04. The lowest BCUT2D eigenvalue weighted by molar-refractivity contribution is -0.139. The van der Waals surface area contributed by atoms with Crippen molar-refractivity contribution in [2.24, 2.45) is 5.92 Å². The Morgan fingerprint density at radius 1 is 1.62 bits per heavy atom. The van der Waals surface area contributed by atoms with Crippen molar-refractivity contribution in [3.05, 3.63) is 0 Å². The fourth-order valence-corrected chi connectivity index (χ4v) is 2.23. The number of carbonyl (C=O) groups excluding carboxylic acids is 1. The Morgan fingerprint density at radius 3 is 3.00 bits per heavy atom. The maximum Gasteiger partial charge on any atom is 0.225 e. The van der Waals surface area contributed by atoms with E-state index in [0.29, 0.717) is 6.61 Å². The summed E-state index contributed by atoms with van der Waals surface area (Å²) in [6, 6.07) is 0.200. The lowest BCUT2D eigenvalue weighted by Crippen LogP contribution is -2.56. The van der Waals surface area contributed by atoms with Gasteiger partial charge in [-0.1, -0.05) is 20.3 Å². The zero-order valence-corrected chi connectivity index (χ0v) is 10.7. The van der Waals surface area contributed by atoms with Crippen molar-refractivity contribution in [2.45, 2.75) is 32.7 Å². The number of hydrogen-bond acceptors (Lipinski definition) is 3. The first-order valence-electron chi connectivity index (χ1n) is 6.20. The van der Waals surface area contributed by atoms with Gasteiger partial charge in [0.1, 0.15) is 0 Å². The Kier molecular flexibility index (Phi) is 5.77. The van der Waals surface area contributed by atoms with Crippen molar-refractivity contribution in [3.63, 3.8) is 0 Å². The van der Waals surface area contributed by atoms with Crippen molar-refractivity contribution in [3.8, 4) is 0 Å². The summed E-state index contributed by atoms with van der Waals surface area (Å²) in [7, 11) is 1.69. The van der Waals surface area contributed by atoms with Gasteiger partial charge in [-0.25, -0.2) is 0 Å². The molecule has 1 saturated heterocycles. The molecule has 1 aliphatic heterocycles. The van der Waals surface area contributed by atoms with Crippen molar-refractivity contribution in [2.75, 3.05) is 33.4 Å². The summed E-state index contributed by atoms with van der Waals surface area (Å²) < 4.78 is 5.17. The summed E-state index contributed by atoms with van der Waals surface area (Å²) in [4.78, 5) is 14.2. The Bertz CT molecular complexity index is 219. The fraction of sp³-hybridized carbons (Fsp3) is 0.917. The molecule has 94 valence electrons. The van der Waals surface area contributed by atoms with Crippen LogP contribution in [0.2, 0.25) is 0 Å². The van der Waals surface area contributed by atoms with Gasteiger partial charge < -0.3 is 15.0 Å². The first-order valence-corrected chi connectivity index (χ1v) is 6.20. The van der Waals surface area contributed by atoms with Crippen LogP contribution in [0.1, 0.15) is 26.7 Å². The van der Waals surface area contributed by atoms with Gasteiger partial charge >= 0.3 is 0 Å². The van der Waals surface area contributed by atoms with E-state index in [9.17, 15) is 4.79 Å². The number of carbonyl (C=O) groups is 1. The van der Waals surface area contributed by atoms with Crippen molar-refractivity contribution >= 4 is 5.91 Å². The van der Waals surface area contributed by atoms with Crippen LogP contribution in [-0.2, 0) is 9.53 Å². The molecule has 4 nitrogen and oxygen atoms in total. The number of methoxy groups -OCH3 is 1. The second-order valence-electron chi connectivity index (χ2n) is 4.53. The molecular weight excluding hydrogens is 204 g/mol. The van der Waals surface area contributed by atoms with Crippen molar-refractivity contribution < 1.29 is 9.53 Å². The minimum Gasteiger partial charge on any atom is -0.382 e. The monoisotopic (exact) mass is 228 g/mol. The molecule has 0 aromatic heterocycles. The van der Waals surface area contributed by atoms with E-state index in [1.165, 1.54) is 0 Å². The van der Waals surface area contributed by atoms with Crippen LogP contribution in [-0.4, -0.2) is 50.2 Å². The van der Waals surface area contributed by atoms with Gasteiger partial charge in [-0.3, -0.25) is 4.79 Å². The Hall–Kier alpha value is -0.610. The number of nitrogens with zero attached hydrogens (tertiary/aromatic N) is 1. The third-order valence-electron chi connectivity index (χ3n) is 3.14. The van der Waals surface area contributed by atoms with Gasteiger partial charge in [-0.05, 0) is 6.42 Å². The van der Waals surface area contributed by atoms with Crippen LogP contribution < -0.4 is 5.32 Å². The molecule has 1 fully saturated rings. The maximum absolute atomic E-state index is 12.2. The number of ether oxygens (including phenoxy) is 1. The molecule has 0 radical (unpaired) electrons.